The van der Waals surface area contributed by atoms with Crippen molar-refractivity contribution in [3.8, 4) is 0 Å². The number of hydrogen-bond acceptors (Lipinski definition) is 3. The first kappa shape index (κ1) is 14.2. The van der Waals surface area contributed by atoms with Gasteiger partial charge in [0.05, 0.1) is 4.75 Å². The summed E-state index contributed by atoms with van der Waals surface area (Å²) >= 11 is 0. The van der Waals surface area contributed by atoms with Gasteiger partial charge in [0.1, 0.15) is 0 Å². The predicted molar refractivity (Wildman–Crippen MR) is 71.8 cm³/mol. The number of rotatable bonds is 3. The molecule has 0 aliphatic carbocycles. The van der Waals surface area contributed by atoms with Gasteiger partial charge in [0.25, 0.3) is 0 Å². The zero-order valence-electron chi connectivity index (χ0n) is 11.1. The molecule has 0 aliphatic heterocycles. The normalized spacial score (nSPS) is 14.7. The van der Waals surface area contributed by atoms with Gasteiger partial charge in [-0.2, -0.15) is 0 Å². The number of benzene rings is 1. The Kier molecular flexibility index (Phi) is 3.69. The Morgan fingerprint density at radius 1 is 1.18 bits per heavy atom. The zero-order chi connectivity index (χ0) is 13.4. The summed E-state index contributed by atoms with van der Waals surface area (Å²) in [6.07, 6.45) is 1.23. The highest BCUT2D eigenvalue weighted by Gasteiger charge is 2.37. The third kappa shape index (κ3) is 2.69. The largest absolute Gasteiger partial charge is 0.323 e. The van der Waals surface area contributed by atoms with Gasteiger partial charge in [-0.3, -0.25) is 0 Å². The van der Waals surface area contributed by atoms with E-state index in [1.807, 2.05) is 32.0 Å². The molecule has 3 nitrogen and oxygen atoms in total. The molecular formula is C13H21NO2S. The van der Waals surface area contributed by atoms with Crippen molar-refractivity contribution < 1.29 is 8.42 Å². The quantitative estimate of drug-likeness (QED) is 0.900. The number of nitrogens with two attached hydrogens (primary N) is 1. The standard InChI is InChI=1S/C13H21NO2S/c1-9-6-7-11(8-10(9)2)12(14)13(3,4)17(5,15)16/h6-8,12H,14H2,1-5H3. The maximum atomic E-state index is 11.7. The maximum absolute atomic E-state index is 11.7. The van der Waals surface area contributed by atoms with E-state index in [1.54, 1.807) is 13.8 Å². The first-order chi connectivity index (χ1) is 7.57. The van der Waals surface area contributed by atoms with E-state index in [-0.39, 0.29) is 0 Å². The van der Waals surface area contributed by atoms with Crippen LogP contribution < -0.4 is 5.73 Å². The minimum Gasteiger partial charge on any atom is -0.323 e. The fourth-order valence-electron chi connectivity index (χ4n) is 1.59. The Balaban J connectivity index is 3.21. The van der Waals surface area contributed by atoms with Gasteiger partial charge in [0.15, 0.2) is 9.84 Å². The van der Waals surface area contributed by atoms with Crippen LogP contribution in [0.3, 0.4) is 0 Å². The fourth-order valence-corrected chi connectivity index (χ4v) is 2.19. The lowest BCUT2D eigenvalue weighted by Crippen LogP contribution is -2.42. The molecule has 0 aromatic heterocycles. The second-order valence-electron chi connectivity index (χ2n) is 5.20. The second kappa shape index (κ2) is 4.42. The van der Waals surface area contributed by atoms with Crippen LogP contribution in [-0.4, -0.2) is 19.4 Å². The molecule has 0 amide bonds. The number of aryl methyl sites for hydroxylation is 2. The highest BCUT2D eigenvalue weighted by Crippen LogP contribution is 2.30. The van der Waals surface area contributed by atoms with E-state index in [2.05, 4.69) is 0 Å². The molecule has 17 heavy (non-hydrogen) atoms. The van der Waals surface area contributed by atoms with E-state index in [9.17, 15) is 8.42 Å². The Bertz CT molecular complexity index is 518. The zero-order valence-corrected chi connectivity index (χ0v) is 11.9. The summed E-state index contributed by atoms with van der Waals surface area (Å²) in [5.74, 6) is 0. The van der Waals surface area contributed by atoms with Gasteiger partial charge in [-0.25, -0.2) is 8.42 Å². The van der Waals surface area contributed by atoms with Crippen molar-refractivity contribution in [2.24, 2.45) is 5.73 Å². The van der Waals surface area contributed by atoms with Crippen LogP contribution in [0.15, 0.2) is 18.2 Å². The molecule has 0 saturated carbocycles. The van der Waals surface area contributed by atoms with Crippen LogP contribution in [-0.2, 0) is 9.84 Å². The minimum absolute atomic E-state index is 0.517. The summed E-state index contributed by atoms with van der Waals surface area (Å²) in [7, 11) is -3.20. The lowest BCUT2D eigenvalue weighted by Gasteiger charge is -2.30. The van der Waals surface area contributed by atoms with Crippen LogP contribution in [0.2, 0.25) is 0 Å². The van der Waals surface area contributed by atoms with Crippen LogP contribution in [0.5, 0.6) is 0 Å². The maximum Gasteiger partial charge on any atom is 0.154 e. The van der Waals surface area contributed by atoms with E-state index < -0.39 is 20.6 Å². The monoisotopic (exact) mass is 255 g/mol. The molecule has 0 saturated heterocycles. The topological polar surface area (TPSA) is 60.2 Å². The molecular weight excluding hydrogens is 234 g/mol. The lowest BCUT2D eigenvalue weighted by molar-refractivity contribution is 0.496. The minimum atomic E-state index is -3.20. The van der Waals surface area contributed by atoms with Crippen molar-refractivity contribution in [1.29, 1.82) is 0 Å². The number of sulfone groups is 1. The fraction of sp³-hybridized carbons (Fsp3) is 0.538. The molecule has 4 heteroatoms. The first-order valence-electron chi connectivity index (χ1n) is 5.59. The van der Waals surface area contributed by atoms with Crippen molar-refractivity contribution in [3.05, 3.63) is 34.9 Å². The van der Waals surface area contributed by atoms with E-state index in [0.29, 0.717) is 0 Å². The highest BCUT2D eigenvalue weighted by atomic mass is 32.2. The Morgan fingerprint density at radius 3 is 2.12 bits per heavy atom. The molecule has 2 N–H and O–H groups in total. The molecule has 1 atom stereocenters. The second-order valence-corrected chi connectivity index (χ2v) is 7.79. The molecule has 1 aromatic carbocycles. The SMILES string of the molecule is Cc1ccc(C(N)C(C)(C)S(C)(=O)=O)cc1C. The van der Waals surface area contributed by atoms with Crippen molar-refractivity contribution in [1.82, 2.24) is 0 Å². The van der Waals surface area contributed by atoms with Crippen LogP contribution in [0.25, 0.3) is 0 Å². The van der Waals surface area contributed by atoms with Gasteiger partial charge in [-0.15, -0.1) is 0 Å². The van der Waals surface area contributed by atoms with Gasteiger partial charge < -0.3 is 5.73 Å². The first-order valence-corrected chi connectivity index (χ1v) is 7.49. The summed E-state index contributed by atoms with van der Waals surface area (Å²) in [5, 5.41) is 0. The van der Waals surface area contributed by atoms with Crippen LogP contribution >= 0.6 is 0 Å². The molecule has 1 rings (SSSR count). The summed E-state index contributed by atoms with van der Waals surface area (Å²) in [5.41, 5.74) is 9.27. The van der Waals surface area contributed by atoms with E-state index >= 15 is 0 Å². The van der Waals surface area contributed by atoms with Crippen molar-refractivity contribution in [2.45, 2.75) is 38.5 Å². The van der Waals surface area contributed by atoms with E-state index in [0.717, 1.165) is 11.1 Å². The molecule has 1 aromatic rings. The summed E-state index contributed by atoms with van der Waals surface area (Å²) in [6.45, 7) is 7.36. The van der Waals surface area contributed by atoms with Crippen molar-refractivity contribution in [3.63, 3.8) is 0 Å². The molecule has 0 aliphatic rings. The van der Waals surface area contributed by atoms with Crippen molar-refractivity contribution in [2.75, 3.05) is 6.26 Å². The number of hydrogen-bond donors (Lipinski definition) is 1. The molecule has 0 radical (unpaired) electrons. The average molecular weight is 255 g/mol. The third-order valence-electron chi connectivity index (χ3n) is 3.59. The molecule has 0 heterocycles. The lowest BCUT2D eigenvalue weighted by atomic mass is 9.93. The van der Waals surface area contributed by atoms with Gasteiger partial charge in [-0.05, 0) is 44.4 Å². The summed E-state index contributed by atoms with van der Waals surface area (Å²) in [4.78, 5) is 0. The summed E-state index contributed by atoms with van der Waals surface area (Å²) < 4.78 is 22.5. The highest BCUT2D eigenvalue weighted by molar-refractivity contribution is 7.92. The van der Waals surface area contributed by atoms with Gasteiger partial charge in [-0.1, -0.05) is 18.2 Å². The molecule has 0 fully saturated rings. The smallest absolute Gasteiger partial charge is 0.154 e. The van der Waals surface area contributed by atoms with E-state index in [4.69, 9.17) is 5.73 Å². The molecule has 0 spiro atoms. The summed E-state index contributed by atoms with van der Waals surface area (Å²) in [6, 6.07) is 5.33. The predicted octanol–water partition coefficient (Wildman–Crippen LogP) is 2.13. The molecule has 1 unspecified atom stereocenters. The third-order valence-corrected chi connectivity index (χ3v) is 5.76. The average Bonchev–Trinajstić information content (AvgIpc) is 2.19. The van der Waals surface area contributed by atoms with Crippen LogP contribution in [0, 0.1) is 13.8 Å². The Morgan fingerprint density at radius 2 is 1.71 bits per heavy atom. The van der Waals surface area contributed by atoms with Gasteiger partial charge in [0, 0.05) is 12.3 Å². The van der Waals surface area contributed by atoms with Gasteiger partial charge >= 0.3 is 0 Å². The Labute approximate surface area is 104 Å². The van der Waals surface area contributed by atoms with Crippen molar-refractivity contribution >= 4 is 9.84 Å². The van der Waals surface area contributed by atoms with Crippen LogP contribution in [0.1, 0.15) is 36.6 Å². The molecule has 96 valence electrons. The Hall–Kier alpha value is -0.870. The molecule has 0 bridgehead atoms. The van der Waals surface area contributed by atoms with Crippen LogP contribution in [0.4, 0.5) is 0 Å². The van der Waals surface area contributed by atoms with Gasteiger partial charge in [0.2, 0.25) is 0 Å². The van der Waals surface area contributed by atoms with E-state index in [1.165, 1.54) is 11.8 Å².